The lowest BCUT2D eigenvalue weighted by Crippen LogP contribution is -2.24. The van der Waals surface area contributed by atoms with E-state index in [1.165, 1.54) is 10.9 Å². The van der Waals surface area contributed by atoms with Crippen LogP contribution in [-0.4, -0.2) is 33.6 Å². The molecule has 4 heteroatoms. The van der Waals surface area contributed by atoms with E-state index < -0.39 is 12.2 Å². The number of aliphatic hydroxyl groups excluding tert-OH is 2. The molecule has 3 unspecified atom stereocenters. The van der Waals surface area contributed by atoms with Gasteiger partial charge in [0.05, 0.1) is 18.2 Å². The molecule has 1 aliphatic rings. The van der Waals surface area contributed by atoms with Gasteiger partial charge in [0.2, 0.25) is 0 Å². The third kappa shape index (κ3) is 1.73. The van der Waals surface area contributed by atoms with E-state index >= 15 is 0 Å². The molecule has 1 aromatic carbocycles. The highest BCUT2D eigenvalue weighted by atomic mass is 16.5. The van der Waals surface area contributed by atoms with Crippen LogP contribution < -0.4 is 0 Å². The molecular weight excluding hydrogens is 230 g/mol. The van der Waals surface area contributed by atoms with E-state index in [4.69, 9.17) is 9.84 Å². The van der Waals surface area contributed by atoms with E-state index in [-0.39, 0.29) is 12.8 Å². The van der Waals surface area contributed by atoms with Crippen LogP contribution >= 0.6 is 0 Å². The Hall–Kier alpha value is -1.36. The molecule has 2 aromatic rings. The number of rotatable bonds is 2. The smallest absolute Gasteiger partial charge is 0.137 e. The van der Waals surface area contributed by atoms with Gasteiger partial charge in [-0.05, 0) is 24.6 Å². The quantitative estimate of drug-likeness (QED) is 0.847. The lowest BCUT2D eigenvalue weighted by Gasteiger charge is -2.15. The first kappa shape index (κ1) is 11.7. The lowest BCUT2D eigenvalue weighted by molar-refractivity contribution is -0.0428. The summed E-state index contributed by atoms with van der Waals surface area (Å²) < 4.78 is 7.71. The van der Waals surface area contributed by atoms with E-state index in [1.807, 2.05) is 22.9 Å². The molecule has 0 aliphatic carbocycles. The van der Waals surface area contributed by atoms with Crippen LogP contribution in [-0.2, 0) is 4.74 Å². The molecule has 2 heterocycles. The predicted molar refractivity (Wildman–Crippen MR) is 68.3 cm³/mol. The summed E-state index contributed by atoms with van der Waals surface area (Å²) in [5, 5.41) is 20.1. The number of aliphatic hydroxyl groups is 2. The van der Waals surface area contributed by atoms with Gasteiger partial charge in [-0.2, -0.15) is 0 Å². The topological polar surface area (TPSA) is 54.6 Å². The van der Waals surface area contributed by atoms with Crippen molar-refractivity contribution in [3.05, 3.63) is 36.0 Å². The molecule has 1 aromatic heterocycles. The highest BCUT2D eigenvalue weighted by Crippen LogP contribution is 2.32. The highest BCUT2D eigenvalue weighted by Gasteiger charge is 2.34. The normalized spacial score (nSPS) is 28.1. The van der Waals surface area contributed by atoms with Gasteiger partial charge in [-0.3, -0.25) is 0 Å². The summed E-state index contributed by atoms with van der Waals surface area (Å²) >= 11 is 0. The van der Waals surface area contributed by atoms with Gasteiger partial charge < -0.3 is 19.5 Å². The van der Waals surface area contributed by atoms with Gasteiger partial charge in [-0.15, -0.1) is 0 Å². The van der Waals surface area contributed by atoms with E-state index in [0.29, 0.717) is 6.42 Å². The van der Waals surface area contributed by atoms with Gasteiger partial charge in [0.15, 0.2) is 0 Å². The molecule has 0 bridgehead atoms. The first-order valence-corrected chi connectivity index (χ1v) is 6.21. The molecule has 0 spiro atoms. The molecule has 1 aliphatic heterocycles. The second kappa shape index (κ2) is 4.39. The van der Waals surface area contributed by atoms with Crippen molar-refractivity contribution in [2.75, 3.05) is 6.61 Å². The molecule has 96 valence electrons. The maximum Gasteiger partial charge on any atom is 0.137 e. The fourth-order valence-electron chi connectivity index (χ4n) is 2.64. The van der Waals surface area contributed by atoms with E-state index in [2.05, 4.69) is 19.1 Å². The molecule has 3 atom stereocenters. The molecule has 1 fully saturated rings. The molecule has 3 rings (SSSR count). The van der Waals surface area contributed by atoms with Crippen molar-refractivity contribution in [2.45, 2.75) is 31.8 Å². The lowest BCUT2D eigenvalue weighted by atomic mass is 10.1. The fourth-order valence-corrected chi connectivity index (χ4v) is 2.64. The Balaban J connectivity index is 1.99. The molecule has 0 radical (unpaired) electrons. The van der Waals surface area contributed by atoms with Gasteiger partial charge >= 0.3 is 0 Å². The van der Waals surface area contributed by atoms with Crippen LogP contribution in [0.25, 0.3) is 10.9 Å². The first-order valence-electron chi connectivity index (χ1n) is 6.21. The van der Waals surface area contributed by atoms with Crippen LogP contribution in [0.1, 0.15) is 18.2 Å². The molecule has 18 heavy (non-hydrogen) atoms. The predicted octanol–water partition coefficient (Wildman–Crippen LogP) is 1.59. The average Bonchev–Trinajstić information content (AvgIpc) is 2.93. The van der Waals surface area contributed by atoms with E-state index in [0.717, 1.165) is 5.52 Å². The maximum atomic E-state index is 9.79. The number of hydrogen-bond donors (Lipinski definition) is 2. The number of hydrogen-bond acceptors (Lipinski definition) is 3. The Labute approximate surface area is 105 Å². The Morgan fingerprint density at radius 1 is 1.39 bits per heavy atom. The second-order valence-electron chi connectivity index (χ2n) is 4.85. The number of nitrogens with zero attached hydrogens (tertiary/aromatic N) is 1. The van der Waals surface area contributed by atoms with Gasteiger partial charge in [-0.1, -0.05) is 12.1 Å². The summed E-state index contributed by atoms with van der Waals surface area (Å²) in [6.45, 7) is 1.93. The number of aryl methyl sites for hydroxylation is 1. The third-order valence-corrected chi connectivity index (χ3v) is 3.68. The van der Waals surface area contributed by atoms with Crippen molar-refractivity contribution in [2.24, 2.45) is 0 Å². The SMILES string of the molecule is Cc1cccc2c1ccn2C1CC(O)C(CO)O1. The fraction of sp³-hybridized carbons (Fsp3) is 0.429. The van der Waals surface area contributed by atoms with Crippen molar-refractivity contribution < 1.29 is 14.9 Å². The summed E-state index contributed by atoms with van der Waals surface area (Å²) in [5.41, 5.74) is 2.33. The number of fused-ring (bicyclic) bond motifs is 1. The molecule has 0 amide bonds. The van der Waals surface area contributed by atoms with Crippen LogP contribution in [0.5, 0.6) is 0 Å². The zero-order valence-electron chi connectivity index (χ0n) is 10.3. The van der Waals surface area contributed by atoms with Crippen molar-refractivity contribution >= 4 is 10.9 Å². The molecule has 0 saturated carbocycles. The minimum Gasteiger partial charge on any atom is -0.394 e. The first-order chi connectivity index (χ1) is 8.70. The Morgan fingerprint density at radius 2 is 2.22 bits per heavy atom. The van der Waals surface area contributed by atoms with Crippen LogP contribution in [0.15, 0.2) is 30.5 Å². The standard InChI is InChI=1S/C14H17NO3/c1-9-3-2-4-11-10(9)5-6-15(11)14-7-12(17)13(8-16)18-14/h2-6,12-14,16-17H,7-8H2,1H3. The van der Waals surface area contributed by atoms with Crippen LogP contribution in [0.3, 0.4) is 0 Å². The maximum absolute atomic E-state index is 9.79. The molecule has 2 N–H and O–H groups in total. The number of benzene rings is 1. The zero-order valence-corrected chi connectivity index (χ0v) is 10.3. The molecular formula is C14H17NO3. The highest BCUT2D eigenvalue weighted by molar-refractivity contribution is 5.83. The minimum absolute atomic E-state index is 0.143. The Kier molecular flexibility index (Phi) is 2.86. The largest absolute Gasteiger partial charge is 0.394 e. The van der Waals surface area contributed by atoms with Gasteiger partial charge in [0, 0.05) is 18.0 Å². The average molecular weight is 247 g/mol. The third-order valence-electron chi connectivity index (χ3n) is 3.68. The van der Waals surface area contributed by atoms with Crippen LogP contribution in [0.2, 0.25) is 0 Å². The summed E-state index contributed by atoms with van der Waals surface area (Å²) in [7, 11) is 0. The summed E-state index contributed by atoms with van der Waals surface area (Å²) in [4.78, 5) is 0. The second-order valence-corrected chi connectivity index (χ2v) is 4.85. The van der Waals surface area contributed by atoms with E-state index in [1.54, 1.807) is 0 Å². The molecule has 4 nitrogen and oxygen atoms in total. The van der Waals surface area contributed by atoms with Crippen molar-refractivity contribution in [3.8, 4) is 0 Å². The minimum atomic E-state index is -0.595. The summed E-state index contributed by atoms with van der Waals surface area (Å²) in [6.07, 6.45) is 1.23. The monoisotopic (exact) mass is 247 g/mol. The summed E-state index contributed by atoms with van der Waals surface area (Å²) in [5.74, 6) is 0. The molecule has 1 saturated heterocycles. The van der Waals surface area contributed by atoms with Gasteiger partial charge in [0.25, 0.3) is 0 Å². The van der Waals surface area contributed by atoms with Crippen LogP contribution in [0, 0.1) is 6.92 Å². The van der Waals surface area contributed by atoms with Crippen molar-refractivity contribution in [1.29, 1.82) is 0 Å². The Morgan fingerprint density at radius 3 is 2.94 bits per heavy atom. The number of ether oxygens (including phenoxy) is 1. The van der Waals surface area contributed by atoms with Crippen molar-refractivity contribution in [3.63, 3.8) is 0 Å². The Bertz CT molecular complexity index is 563. The van der Waals surface area contributed by atoms with E-state index in [9.17, 15) is 5.11 Å². The van der Waals surface area contributed by atoms with Crippen LogP contribution in [0.4, 0.5) is 0 Å². The van der Waals surface area contributed by atoms with Gasteiger partial charge in [-0.25, -0.2) is 0 Å². The summed E-state index contributed by atoms with van der Waals surface area (Å²) in [6, 6.07) is 8.20. The number of aromatic nitrogens is 1. The van der Waals surface area contributed by atoms with Gasteiger partial charge in [0.1, 0.15) is 12.3 Å². The van der Waals surface area contributed by atoms with Crippen molar-refractivity contribution in [1.82, 2.24) is 4.57 Å². The zero-order chi connectivity index (χ0) is 12.7.